The lowest BCUT2D eigenvalue weighted by atomic mass is 9.96. The molecule has 0 amide bonds. The Labute approximate surface area is 113 Å². The van der Waals surface area contributed by atoms with Crippen molar-refractivity contribution in [1.82, 2.24) is 4.90 Å². The van der Waals surface area contributed by atoms with E-state index >= 15 is 0 Å². The van der Waals surface area contributed by atoms with E-state index in [1.54, 1.807) is 6.07 Å². The van der Waals surface area contributed by atoms with Gasteiger partial charge in [0.05, 0.1) is 5.02 Å². The molecule has 0 aromatic heterocycles. The minimum Gasteiger partial charge on any atom is -0.327 e. The Balaban J connectivity index is 2.13. The molecule has 1 fully saturated rings. The Morgan fingerprint density at radius 2 is 2.28 bits per heavy atom. The van der Waals surface area contributed by atoms with Gasteiger partial charge in [-0.2, -0.15) is 0 Å². The van der Waals surface area contributed by atoms with Crippen molar-refractivity contribution in [3.8, 4) is 0 Å². The van der Waals surface area contributed by atoms with Crippen LogP contribution in [0, 0.1) is 5.82 Å². The van der Waals surface area contributed by atoms with Gasteiger partial charge in [-0.05, 0) is 37.9 Å². The number of rotatable bonds is 3. The van der Waals surface area contributed by atoms with Crippen LogP contribution in [0.4, 0.5) is 4.39 Å². The van der Waals surface area contributed by atoms with E-state index in [0.717, 1.165) is 18.5 Å². The molecule has 0 spiro atoms. The maximum atomic E-state index is 13.4. The van der Waals surface area contributed by atoms with Crippen molar-refractivity contribution in [2.45, 2.75) is 44.8 Å². The molecule has 2 unspecified atom stereocenters. The Kier molecular flexibility index (Phi) is 4.60. The second-order valence-electron chi connectivity index (χ2n) is 5.11. The van der Waals surface area contributed by atoms with Crippen LogP contribution in [0.15, 0.2) is 18.2 Å². The van der Waals surface area contributed by atoms with Crippen LogP contribution in [0.3, 0.4) is 0 Å². The van der Waals surface area contributed by atoms with Crippen LogP contribution >= 0.6 is 11.6 Å². The summed E-state index contributed by atoms with van der Waals surface area (Å²) in [5.74, 6) is -0.344. The quantitative estimate of drug-likeness (QED) is 0.914. The molecule has 100 valence electrons. The fourth-order valence-electron chi connectivity index (χ4n) is 2.70. The normalized spacial score (nSPS) is 23.0. The summed E-state index contributed by atoms with van der Waals surface area (Å²) >= 11 is 6.01. The first kappa shape index (κ1) is 13.8. The average Bonchev–Trinajstić information content (AvgIpc) is 2.35. The largest absolute Gasteiger partial charge is 0.327 e. The smallest absolute Gasteiger partial charge is 0.142 e. The van der Waals surface area contributed by atoms with Crippen molar-refractivity contribution >= 4 is 11.6 Å². The molecule has 2 atom stereocenters. The standard InChI is InChI=1S/C14H20ClFN2/c1-10(17)13-7-2-3-8-18(13)9-11-5-4-6-12(16)14(11)15/h4-6,10,13H,2-3,7-9,17H2,1H3. The topological polar surface area (TPSA) is 29.3 Å². The maximum Gasteiger partial charge on any atom is 0.142 e. The molecule has 0 saturated carbocycles. The zero-order chi connectivity index (χ0) is 13.1. The number of piperidine rings is 1. The van der Waals surface area contributed by atoms with Crippen LogP contribution in [-0.4, -0.2) is 23.5 Å². The number of hydrogen-bond acceptors (Lipinski definition) is 2. The second-order valence-corrected chi connectivity index (χ2v) is 5.48. The molecule has 1 aliphatic rings. The lowest BCUT2D eigenvalue weighted by Gasteiger charge is -2.38. The zero-order valence-corrected chi connectivity index (χ0v) is 11.5. The summed E-state index contributed by atoms with van der Waals surface area (Å²) in [6.45, 7) is 3.73. The number of benzene rings is 1. The van der Waals surface area contributed by atoms with E-state index in [0.29, 0.717) is 12.6 Å². The Hall–Kier alpha value is -0.640. The summed E-state index contributed by atoms with van der Waals surface area (Å²) in [5.41, 5.74) is 6.88. The number of nitrogens with two attached hydrogens (primary N) is 1. The van der Waals surface area contributed by atoms with E-state index in [1.165, 1.54) is 18.9 Å². The minimum absolute atomic E-state index is 0.137. The highest BCUT2D eigenvalue weighted by Crippen LogP contribution is 2.25. The molecule has 0 aliphatic carbocycles. The van der Waals surface area contributed by atoms with Gasteiger partial charge in [-0.25, -0.2) is 4.39 Å². The molecule has 4 heteroatoms. The molecule has 18 heavy (non-hydrogen) atoms. The zero-order valence-electron chi connectivity index (χ0n) is 10.7. The number of nitrogens with zero attached hydrogens (tertiary/aromatic N) is 1. The second kappa shape index (κ2) is 6.00. The summed E-state index contributed by atoms with van der Waals surface area (Å²) in [5, 5.41) is 0.242. The summed E-state index contributed by atoms with van der Waals surface area (Å²) in [7, 11) is 0. The van der Waals surface area contributed by atoms with Crippen LogP contribution in [0.1, 0.15) is 31.7 Å². The van der Waals surface area contributed by atoms with Crippen LogP contribution in [-0.2, 0) is 6.54 Å². The molecule has 1 aromatic carbocycles. The van der Waals surface area contributed by atoms with Gasteiger partial charge >= 0.3 is 0 Å². The molecule has 2 nitrogen and oxygen atoms in total. The van der Waals surface area contributed by atoms with Gasteiger partial charge < -0.3 is 5.73 Å². The molecule has 2 N–H and O–H groups in total. The van der Waals surface area contributed by atoms with Crippen molar-refractivity contribution in [2.24, 2.45) is 5.73 Å². The first-order chi connectivity index (χ1) is 8.59. The van der Waals surface area contributed by atoms with E-state index in [4.69, 9.17) is 17.3 Å². The Bertz CT molecular complexity index is 409. The van der Waals surface area contributed by atoms with Crippen LogP contribution in [0.25, 0.3) is 0 Å². The first-order valence-electron chi connectivity index (χ1n) is 6.52. The van der Waals surface area contributed by atoms with E-state index in [2.05, 4.69) is 4.90 Å². The molecule has 1 aromatic rings. The summed E-state index contributed by atoms with van der Waals surface area (Å²) < 4.78 is 13.4. The molecule has 1 saturated heterocycles. The van der Waals surface area contributed by atoms with Gasteiger partial charge in [0.2, 0.25) is 0 Å². The van der Waals surface area contributed by atoms with Crippen LogP contribution in [0.2, 0.25) is 5.02 Å². The predicted molar refractivity (Wildman–Crippen MR) is 73.1 cm³/mol. The summed E-state index contributed by atoms with van der Waals surface area (Å²) in [6.07, 6.45) is 3.51. The lowest BCUT2D eigenvalue weighted by molar-refractivity contribution is 0.123. The van der Waals surface area contributed by atoms with Crippen LogP contribution < -0.4 is 5.73 Å². The SMILES string of the molecule is CC(N)C1CCCCN1Cc1cccc(F)c1Cl. The van der Waals surface area contributed by atoms with Gasteiger partial charge in [0.15, 0.2) is 0 Å². The van der Waals surface area contributed by atoms with Crippen molar-refractivity contribution in [3.63, 3.8) is 0 Å². The van der Waals surface area contributed by atoms with Gasteiger partial charge in [0.25, 0.3) is 0 Å². The van der Waals surface area contributed by atoms with Gasteiger partial charge in [0, 0.05) is 18.6 Å². The monoisotopic (exact) mass is 270 g/mol. The molecular weight excluding hydrogens is 251 g/mol. The van der Waals surface area contributed by atoms with E-state index in [9.17, 15) is 4.39 Å². The average molecular weight is 271 g/mol. The highest BCUT2D eigenvalue weighted by atomic mass is 35.5. The molecule has 0 bridgehead atoms. The van der Waals surface area contributed by atoms with E-state index in [-0.39, 0.29) is 16.9 Å². The first-order valence-corrected chi connectivity index (χ1v) is 6.90. The van der Waals surface area contributed by atoms with Gasteiger partial charge in [-0.1, -0.05) is 30.2 Å². The maximum absolute atomic E-state index is 13.4. The summed E-state index contributed by atoms with van der Waals surface area (Å²) in [6, 6.07) is 5.50. The lowest BCUT2D eigenvalue weighted by Crippen LogP contribution is -2.48. The Morgan fingerprint density at radius 3 is 3.00 bits per heavy atom. The minimum atomic E-state index is -0.344. The number of hydrogen-bond donors (Lipinski definition) is 1. The molecule has 1 aliphatic heterocycles. The summed E-state index contributed by atoms with van der Waals surface area (Å²) in [4.78, 5) is 2.33. The Morgan fingerprint density at radius 1 is 1.50 bits per heavy atom. The van der Waals surface area contributed by atoms with Crippen molar-refractivity contribution in [2.75, 3.05) is 6.54 Å². The molecule has 1 heterocycles. The van der Waals surface area contributed by atoms with Crippen LogP contribution in [0.5, 0.6) is 0 Å². The third kappa shape index (κ3) is 3.02. The predicted octanol–water partition coefficient (Wildman–Crippen LogP) is 3.18. The van der Waals surface area contributed by atoms with Gasteiger partial charge in [-0.3, -0.25) is 4.90 Å². The van der Waals surface area contributed by atoms with Gasteiger partial charge in [-0.15, -0.1) is 0 Å². The van der Waals surface area contributed by atoms with Crippen molar-refractivity contribution in [1.29, 1.82) is 0 Å². The third-order valence-electron chi connectivity index (χ3n) is 3.68. The molecule has 2 rings (SSSR count). The number of likely N-dealkylation sites (tertiary alicyclic amines) is 1. The van der Waals surface area contributed by atoms with Crippen molar-refractivity contribution in [3.05, 3.63) is 34.6 Å². The molecular formula is C14H20ClFN2. The van der Waals surface area contributed by atoms with Crippen molar-refractivity contribution < 1.29 is 4.39 Å². The molecule has 0 radical (unpaired) electrons. The number of halogens is 2. The fourth-order valence-corrected chi connectivity index (χ4v) is 2.88. The third-order valence-corrected chi connectivity index (χ3v) is 4.10. The van der Waals surface area contributed by atoms with E-state index < -0.39 is 0 Å². The van der Waals surface area contributed by atoms with Gasteiger partial charge in [0.1, 0.15) is 5.82 Å². The van der Waals surface area contributed by atoms with E-state index in [1.807, 2.05) is 13.0 Å². The highest BCUT2D eigenvalue weighted by Gasteiger charge is 2.25. The fraction of sp³-hybridized carbons (Fsp3) is 0.571. The highest BCUT2D eigenvalue weighted by molar-refractivity contribution is 6.31.